The van der Waals surface area contributed by atoms with Gasteiger partial charge in [-0.05, 0) is 48.9 Å². The second-order valence-electron chi connectivity index (χ2n) is 4.64. The maximum Gasteiger partial charge on any atom is 0.123 e. The van der Waals surface area contributed by atoms with Crippen LogP contribution in [0.15, 0.2) is 48.5 Å². The van der Waals surface area contributed by atoms with Gasteiger partial charge in [0.15, 0.2) is 0 Å². The van der Waals surface area contributed by atoms with Gasteiger partial charge in [-0.3, -0.25) is 0 Å². The standard InChI is InChI=1S/C16H17ClFN/c1-19-11-14(13-4-6-15(17)7-5-13)10-12-2-8-16(18)9-3-12/h2-9,14,19H,10-11H2,1H3. The minimum atomic E-state index is -0.194. The van der Waals surface area contributed by atoms with E-state index < -0.39 is 0 Å². The van der Waals surface area contributed by atoms with Crippen molar-refractivity contribution in [1.82, 2.24) is 5.32 Å². The van der Waals surface area contributed by atoms with Gasteiger partial charge in [0.1, 0.15) is 5.82 Å². The molecule has 0 spiro atoms. The molecule has 2 rings (SSSR count). The third-order valence-corrected chi connectivity index (χ3v) is 3.44. The molecule has 2 aromatic carbocycles. The molecule has 0 aliphatic rings. The van der Waals surface area contributed by atoms with Gasteiger partial charge in [0, 0.05) is 17.5 Å². The van der Waals surface area contributed by atoms with E-state index in [-0.39, 0.29) is 5.82 Å². The Morgan fingerprint density at radius 1 is 1.05 bits per heavy atom. The molecule has 0 saturated carbocycles. The molecule has 1 nitrogen and oxygen atoms in total. The number of benzene rings is 2. The van der Waals surface area contributed by atoms with E-state index in [0.717, 1.165) is 23.6 Å². The largest absolute Gasteiger partial charge is 0.319 e. The zero-order chi connectivity index (χ0) is 13.7. The summed E-state index contributed by atoms with van der Waals surface area (Å²) >= 11 is 5.91. The Morgan fingerprint density at radius 2 is 1.68 bits per heavy atom. The number of hydrogen-bond donors (Lipinski definition) is 1. The number of hydrogen-bond acceptors (Lipinski definition) is 1. The predicted molar refractivity (Wildman–Crippen MR) is 78.2 cm³/mol. The molecule has 0 bridgehead atoms. The number of nitrogens with one attached hydrogen (secondary N) is 1. The van der Waals surface area contributed by atoms with Crippen LogP contribution in [0.4, 0.5) is 4.39 Å². The van der Waals surface area contributed by atoms with Gasteiger partial charge >= 0.3 is 0 Å². The molecular weight excluding hydrogens is 261 g/mol. The Morgan fingerprint density at radius 3 is 2.26 bits per heavy atom. The van der Waals surface area contributed by atoms with E-state index in [1.807, 2.05) is 43.4 Å². The van der Waals surface area contributed by atoms with Gasteiger partial charge in [-0.1, -0.05) is 35.9 Å². The van der Waals surface area contributed by atoms with E-state index in [0.29, 0.717) is 5.92 Å². The van der Waals surface area contributed by atoms with Crippen LogP contribution in [0.1, 0.15) is 17.0 Å². The fraction of sp³-hybridized carbons (Fsp3) is 0.250. The third kappa shape index (κ3) is 4.05. The summed E-state index contributed by atoms with van der Waals surface area (Å²) in [6.07, 6.45) is 0.878. The van der Waals surface area contributed by atoms with Gasteiger partial charge in [-0.15, -0.1) is 0 Å². The van der Waals surface area contributed by atoms with Gasteiger partial charge < -0.3 is 5.32 Å². The second-order valence-corrected chi connectivity index (χ2v) is 5.07. The summed E-state index contributed by atoms with van der Waals surface area (Å²) in [6.45, 7) is 0.874. The summed E-state index contributed by atoms with van der Waals surface area (Å²) in [6, 6.07) is 14.6. The normalized spacial score (nSPS) is 12.4. The first-order valence-electron chi connectivity index (χ1n) is 6.33. The molecule has 2 aromatic rings. The van der Waals surface area contributed by atoms with E-state index in [2.05, 4.69) is 5.32 Å². The average molecular weight is 278 g/mol. The third-order valence-electron chi connectivity index (χ3n) is 3.19. The van der Waals surface area contributed by atoms with Crippen LogP contribution in [0.3, 0.4) is 0 Å². The van der Waals surface area contributed by atoms with Crippen molar-refractivity contribution in [3.05, 3.63) is 70.5 Å². The lowest BCUT2D eigenvalue weighted by Crippen LogP contribution is -2.19. The average Bonchev–Trinajstić information content (AvgIpc) is 2.42. The monoisotopic (exact) mass is 277 g/mol. The van der Waals surface area contributed by atoms with Crippen molar-refractivity contribution in [3.8, 4) is 0 Å². The lowest BCUT2D eigenvalue weighted by molar-refractivity contribution is 0.615. The first-order chi connectivity index (χ1) is 9.19. The van der Waals surface area contributed by atoms with Crippen molar-refractivity contribution >= 4 is 11.6 Å². The molecule has 1 unspecified atom stereocenters. The van der Waals surface area contributed by atoms with Crippen LogP contribution in [-0.2, 0) is 6.42 Å². The van der Waals surface area contributed by atoms with E-state index in [1.54, 1.807) is 0 Å². The molecular formula is C16H17ClFN. The Bertz CT molecular complexity index is 507. The van der Waals surface area contributed by atoms with Crippen LogP contribution in [0.25, 0.3) is 0 Å². The highest BCUT2D eigenvalue weighted by molar-refractivity contribution is 6.30. The molecule has 0 saturated heterocycles. The Hall–Kier alpha value is -1.38. The summed E-state index contributed by atoms with van der Waals surface area (Å²) in [5.41, 5.74) is 2.37. The maximum absolute atomic E-state index is 12.9. The quantitative estimate of drug-likeness (QED) is 0.870. The lowest BCUT2D eigenvalue weighted by Gasteiger charge is -2.17. The fourth-order valence-corrected chi connectivity index (χ4v) is 2.32. The fourth-order valence-electron chi connectivity index (χ4n) is 2.19. The molecule has 0 aromatic heterocycles. The molecule has 0 amide bonds. The molecule has 1 atom stereocenters. The second kappa shape index (κ2) is 6.69. The SMILES string of the molecule is CNCC(Cc1ccc(F)cc1)c1ccc(Cl)cc1. The summed E-state index contributed by atoms with van der Waals surface area (Å²) in [4.78, 5) is 0. The number of rotatable bonds is 5. The van der Waals surface area contributed by atoms with Gasteiger partial charge in [-0.2, -0.15) is 0 Å². The Balaban J connectivity index is 2.15. The van der Waals surface area contributed by atoms with Crippen LogP contribution < -0.4 is 5.32 Å². The zero-order valence-corrected chi connectivity index (χ0v) is 11.6. The lowest BCUT2D eigenvalue weighted by atomic mass is 9.92. The number of halogens is 2. The van der Waals surface area contributed by atoms with E-state index in [9.17, 15) is 4.39 Å². The van der Waals surface area contributed by atoms with Crippen LogP contribution in [0.5, 0.6) is 0 Å². The van der Waals surface area contributed by atoms with Crippen LogP contribution >= 0.6 is 11.6 Å². The maximum atomic E-state index is 12.9. The van der Waals surface area contributed by atoms with Gasteiger partial charge in [-0.25, -0.2) is 4.39 Å². The van der Waals surface area contributed by atoms with Crippen molar-refractivity contribution < 1.29 is 4.39 Å². The number of likely N-dealkylation sites (N-methyl/N-ethyl adjacent to an activating group) is 1. The molecule has 0 aliphatic heterocycles. The highest BCUT2D eigenvalue weighted by Crippen LogP contribution is 2.22. The smallest absolute Gasteiger partial charge is 0.123 e. The molecule has 3 heteroatoms. The van der Waals surface area contributed by atoms with Gasteiger partial charge in [0.2, 0.25) is 0 Å². The van der Waals surface area contributed by atoms with Gasteiger partial charge in [0.25, 0.3) is 0 Å². The van der Waals surface area contributed by atoms with Crippen molar-refractivity contribution in [1.29, 1.82) is 0 Å². The van der Waals surface area contributed by atoms with E-state index in [4.69, 9.17) is 11.6 Å². The highest BCUT2D eigenvalue weighted by Gasteiger charge is 2.11. The summed E-state index contributed by atoms with van der Waals surface area (Å²) in [7, 11) is 1.94. The summed E-state index contributed by atoms with van der Waals surface area (Å²) in [5.74, 6) is 0.160. The van der Waals surface area contributed by atoms with E-state index >= 15 is 0 Å². The van der Waals surface area contributed by atoms with Crippen molar-refractivity contribution in [2.45, 2.75) is 12.3 Å². The minimum absolute atomic E-state index is 0.194. The molecule has 19 heavy (non-hydrogen) atoms. The minimum Gasteiger partial charge on any atom is -0.319 e. The van der Waals surface area contributed by atoms with Crippen LogP contribution in [-0.4, -0.2) is 13.6 Å². The molecule has 0 aliphatic carbocycles. The predicted octanol–water partition coefficient (Wildman–Crippen LogP) is 4.02. The summed E-state index contributed by atoms with van der Waals surface area (Å²) in [5, 5.41) is 3.95. The molecule has 0 heterocycles. The molecule has 1 N–H and O–H groups in total. The zero-order valence-electron chi connectivity index (χ0n) is 10.9. The first-order valence-corrected chi connectivity index (χ1v) is 6.71. The molecule has 0 fully saturated rings. The van der Waals surface area contributed by atoms with Crippen molar-refractivity contribution in [2.75, 3.05) is 13.6 Å². The molecule has 0 radical (unpaired) electrons. The topological polar surface area (TPSA) is 12.0 Å². The van der Waals surface area contributed by atoms with E-state index in [1.165, 1.54) is 17.7 Å². The van der Waals surface area contributed by atoms with Crippen LogP contribution in [0.2, 0.25) is 5.02 Å². The molecule has 100 valence electrons. The summed E-state index contributed by atoms with van der Waals surface area (Å²) < 4.78 is 12.9. The van der Waals surface area contributed by atoms with Crippen LogP contribution in [0, 0.1) is 5.82 Å². The van der Waals surface area contributed by atoms with Crippen molar-refractivity contribution in [2.24, 2.45) is 0 Å². The van der Waals surface area contributed by atoms with Crippen molar-refractivity contribution in [3.63, 3.8) is 0 Å². The Labute approximate surface area is 118 Å². The Kier molecular flexibility index (Phi) is 4.94. The van der Waals surface area contributed by atoms with Gasteiger partial charge in [0.05, 0.1) is 0 Å². The highest BCUT2D eigenvalue weighted by atomic mass is 35.5. The first kappa shape index (κ1) is 14.0.